The SMILES string of the molecule is COc1c2c(cc3c1OCC3)OCC2. The minimum Gasteiger partial charge on any atom is -0.493 e. The third-order valence-corrected chi connectivity index (χ3v) is 2.81. The molecule has 3 rings (SSSR count). The Bertz CT molecular complexity index is 352. The zero-order chi connectivity index (χ0) is 9.54. The van der Waals surface area contributed by atoms with Crippen molar-refractivity contribution in [2.75, 3.05) is 20.3 Å². The highest BCUT2D eigenvalue weighted by Gasteiger charge is 2.26. The van der Waals surface area contributed by atoms with Crippen LogP contribution >= 0.6 is 0 Å². The lowest BCUT2D eigenvalue weighted by atomic mass is 10.1. The fourth-order valence-electron chi connectivity index (χ4n) is 2.16. The summed E-state index contributed by atoms with van der Waals surface area (Å²) in [5.74, 6) is 2.79. The van der Waals surface area contributed by atoms with Gasteiger partial charge in [0.1, 0.15) is 5.75 Å². The van der Waals surface area contributed by atoms with Crippen molar-refractivity contribution in [3.63, 3.8) is 0 Å². The van der Waals surface area contributed by atoms with Gasteiger partial charge in [0, 0.05) is 24.0 Å². The zero-order valence-corrected chi connectivity index (χ0v) is 8.13. The molecule has 0 unspecified atom stereocenters. The van der Waals surface area contributed by atoms with E-state index in [-0.39, 0.29) is 0 Å². The first kappa shape index (κ1) is 7.97. The van der Waals surface area contributed by atoms with Crippen molar-refractivity contribution in [2.45, 2.75) is 12.8 Å². The van der Waals surface area contributed by atoms with Gasteiger partial charge in [-0.05, 0) is 6.07 Å². The predicted octanol–water partition coefficient (Wildman–Crippen LogP) is 1.56. The molecular weight excluding hydrogens is 180 g/mol. The van der Waals surface area contributed by atoms with Crippen LogP contribution in [0, 0.1) is 0 Å². The lowest BCUT2D eigenvalue weighted by Gasteiger charge is -2.10. The largest absolute Gasteiger partial charge is 0.493 e. The fraction of sp³-hybridized carbons (Fsp3) is 0.455. The number of hydrogen-bond donors (Lipinski definition) is 0. The van der Waals surface area contributed by atoms with Gasteiger partial charge in [0.25, 0.3) is 0 Å². The number of benzene rings is 1. The average molecular weight is 192 g/mol. The van der Waals surface area contributed by atoms with E-state index in [0.29, 0.717) is 0 Å². The van der Waals surface area contributed by atoms with Gasteiger partial charge < -0.3 is 14.2 Å². The predicted molar refractivity (Wildman–Crippen MR) is 51.4 cm³/mol. The number of fused-ring (bicyclic) bond motifs is 2. The molecule has 1 aromatic rings. The number of methoxy groups -OCH3 is 1. The molecule has 14 heavy (non-hydrogen) atoms. The second-order valence-electron chi connectivity index (χ2n) is 3.57. The molecule has 74 valence electrons. The first-order valence-corrected chi connectivity index (χ1v) is 4.88. The quantitative estimate of drug-likeness (QED) is 0.676. The number of rotatable bonds is 1. The Morgan fingerprint density at radius 2 is 2.07 bits per heavy atom. The maximum atomic E-state index is 5.57. The van der Waals surface area contributed by atoms with Crippen LogP contribution in [0.2, 0.25) is 0 Å². The number of hydrogen-bond acceptors (Lipinski definition) is 3. The number of ether oxygens (including phenoxy) is 3. The van der Waals surface area contributed by atoms with E-state index in [1.54, 1.807) is 7.11 Å². The maximum absolute atomic E-state index is 5.57. The molecule has 1 aromatic carbocycles. The fourth-order valence-corrected chi connectivity index (χ4v) is 2.16. The van der Waals surface area contributed by atoms with Crippen molar-refractivity contribution in [1.29, 1.82) is 0 Å². The van der Waals surface area contributed by atoms with E-state index in [2.05, 4.69) is 6.07 Å². The lowest BCUT2D eigenvalue weighted by Crippen LogP contribution is -1.93. The van der Waals surface area contributed by atoms with Crippen LogP contribution in [0.3, 0.4) is 0 Å². The van der Waals surface area contributed by atoms with Crippen molar-refractivity contribution >= 4 is 0 Å². The van der Waals surface area contributed by atoms with E-state index in [0.717, 1.165) is 48.9 Å². The smallest absolute Gasteiger partial charge is 0.168 e. The molecule has 3 heteroatoms. The van der Waals surface area contributed by atoms with Crippen LogP contribution in [0.1, 0.15) is 11.1 Å². The van der Waals surface area contributed by atoms with E-state index in [4.69, 9.17) is 14.2 Å². The summed E-state index contributed by atoms with van der Waals surface area (Å²) in [5.41, 5.74) is 2.37. The molecule has 0 saturated heterocycles. The zero-order valence-electron chi connectivity index (χ0n) is 8.13. The van der Waals surface area contributed by atoms with Gasteiger partial charge in [-0.2, -0.15) is 0 Å². The van der Waals surface area contributed by atoms with Gasteiger partial charge >= 0.3 is 0 Å². The second-order valence-corrected chi connectivity index (χ2v) is 3.57. The van der Waals surface area contributed by atoms with Gasteiger partial charge in [0.2, 0.25) is 0 Å². The highest BCUT2D eigenvalue weighted by atomic mass is 16.5. The van der Waals surface area contributed by atoms with E-state index >= 15 is 0 Å². The molecule has 0 fully saturated rings. The van der Waals surface area contributed by atoms with Gasteiger partial charge in [-0.15, -0.1) is 0 Å². The molecule has 2 aliphatic rings. The van der Waals surface area contributed by atoms with Crippen LogP contribution in [0.5, 0.6) is 17.2 Å². The van der Waals surface area contributed by atoms with Crippen LogP contribution in [0.15, 0.2) is 6.07 Å². The molecule has 0 radical (unpaired) electrons. The first-order chi connectivity index (χ1) is 6.90. The molecular formula is C11H12O3. The molecule has 0 spiro atoms. The van der Waals surface area contributed by atoms with E-state index < -0.39 is 0 Å². The van der Waals surface area contributed by atoms with E-state index in [1.807, 2.05) is 0 Å². The molecule has 0 atom stereocenters. The van der Waals surface area contributed by atoms with Crippen LogP contribution in [-0.4, -0.2) is 20.3 Å². The first-order valence-electron chi connectivity index (χ1n) is 4.88. The summed E-state index contributed by atoms with van der Waals surface area (Å²) in [6.07, 6.45) is 1.89. The molecule has 3 nitrogen and oxygen atoms in total. The van der Waals surface area contributed by atoms with Crippen LogP contribution in [0.4, 0.5) is 0 Å². The van der Waals surface area contributed by atoms with E-state index in [9.17, 15) is 0 Å². The molecule has 0 N–H and O–H groups in total. The molecule has 2 aliphatic heterocycles. The Morgan fingerprint density at radius 3 is 2.93 bits per heavy atom. The van der Waals surface area contributed by atoms with Crippen molar-refractivity contribution < 1.29 is 14.2 Å². The van der Waals surface area contributed by atoms with Crippen LogP contribution in [-0.2, 0) is 12.8 Å². The highest BCUT2D eigenvalue weighted by Crippen LogP contribution is 2.45. The summed E-state index contributed by atoms with van der Waals surface area (Å²) < 4.78 is 16.5. The van der Waals surface area contributed by atoms with Crippen molar-refractivity contribution in [3.05, 3.63) is 17.2 Å². The highest BCUT2D eigenvalue weighted by molar-refractivity contribution is 5.60. The Balaban J connectivity index is 2.24. The monoisotopic (exact) mass is 192 g/mol. The van der Waals surface area contributed by atoms with Gasteiger partial charge in [-0.1, -0.05) is 0 Å². The van der Waals surface area contributed by atoms with Crippen LogP contribution < -0.4 is 14.2 Å². The van der Waals surface area contributed by atoms with E-state index in [1.165, 1.54) is 5.56 Å². The summed E-state index contributed by atoms with van der Waals surface area (Å²) >= 11 is 0. The Labute approximate surface area is 82.6 Å². The van der Waals surface area contributed by atoms with Crippen molar-refractivity contribution in [1.82, 2.24) is 0 Å². The third kappa shape index (κ3) is 0.924. The molecule has 0 aromatic heterocycles. The average Bonchev–Trinajstić information content (AvgIpc) is 2.80. The third-order valence-electron chi connectivity index (χ3n) is 2.81. The Kier molecular flexibility index (Phi) is 1.60. The summed E-state index contributed by atoms with van der Waals surface area (Å²) in [6, 6.07) is 2.09. The Hall–Kier alpha value is -1.38. The van der Waals surface area contributed by atoms with Gasteiger partial charge in [-0.3, -0.25) is 0 Å². The molecule has 2 heterocycles. The maximum Gasteiger partial charge on any atom is 0.168 e. The molecule has 0 bridgehead atoms. The van der Waals surface area contributed by atoms with Gasteiger partial charge in [0.05, 0.1) is 20.3 Å². The van der Waals surface area contributed by atoms with Crippen molar-refractivity contribution in [3.8, 4) is 17.2 Å². The minimum atomic E-state index is 0.759. The van der Waals surface area contributed by atoms with Gasteiger partial charge in [0.15, 0.2) is 11.5 Å². The summed E-state index contributed by atoms with van der Waals surface area (Å²) in [5, 5.41) is 0. The normalized spacial score (nSPS) is 16.9. The molecule has 0 saturated carbocycles. The molecule has 0 aliphatic carbocycles. The summed E-state index contributed by atoms with van der Waals surface area (Å²) in [6.45, 7) is 1.52. The van der Waals surface area contributed by atoms with Gasteiger partial charge in [-0.25, -0.2) is 0 Å². The molecule has 0 amide bonds. The standard InChI is InChI=1S/C11H12O3/c1-12-11-8-3-5-13-9(8)6-7-2-4-14-10(7)11/h6H,2-5H2,1H3. The Morgan fingerprint density at radius 1 is 1.21 bits per heavy atom. The topological polar surface area (TPSA) is 27.7 Å². The minimum absolute atomic E-state index is 0.759. The summed E-state index contributed by atoms with van der Waals surface area (Å²) in [4.78, 5) is 0. The lowest BCUT2D eigenvalue weighted by molar-refractivity contribution is 0.324. The summed E-state index contributed by atoms with van der Waals surface area (Å²) in [7, 11) is 1.69. The van der Waals surface area contributed by atoms with Crippen LogP contribution in [0.25, 0.3) is 0 Å². The van der Waals surface area contributed by atoms with Crippen molar-refractivity contribution in [2.24, 2.45) is 0 Å². The second kappa shape index (κ2) is 2.80.